The summed E-state index contributed by atoms with van der Waals surface area (Å²) in [5.41, 5.74) is 0. The Morgan fingerprint density at radius 2 is 1.00 bits per heavy atom. The standard InChI is InChI=1S/C14H26O6S2/c1-9-3-5-11(13(7-9)21(15,16)17)12-6-4-10(2)8-14(12)22(18,19)20/h9-14H,3-8H2,1-2H3,(H,15,16,17)(H,18,19,20). The van der Waals surface area contributed by atoms with Gasteiger partial charge < -0.3 is 0 Å². The van der Waals surface area contributed by atoms with Gasteiger partial charge in [-0.3, -0.25) is 9.11 Å². The average molecular weight is 354 g/mol. The minimum atomic E-state index is -4.22. The Labute approximate surface area is 133 Å². The van der Waals surface area contributed by atoms with Gasteiger partial charge in [0.1, 0.15) is 0 Å². The van der Waals surface area contributed by atoms with Crippen molar-refractivity contribution in [2.24, 2.45) is 23.7 Å². The predicted molar refractivity (Wildman–Crippen MR) is 83.7 cm³/mol. The Hall–Kier alpha value is -0.180. The molecule has 22 heavy (non-hydrogen) atoms. The molecule has 0 heterocycles. The summed E-state index contributed by atoms with van der Waals surface area (Å²) < 4.78 is 66.1. The molecule has 130 valence electrons. The Morgan fingerprint density at radius 1 is 0.682 bits per heavy atom. The molecular weight excluding hydrogens is 328 g/mol. The van der Waals surface area contributed by atoms with Crippen LogP contribution in [-0.2, 0) is 20.2 Å². The summed E-state index contributed by atoms with van der Waals surface area (Å²) in [5, 5.41) is -1.84. The van der Waals surface area contributed by atoms with Gasteiger partial charge in [0.2, 0.25) is 0 Å². The molecule has 0 radical (unpaired) electrons. The van der Waals surface area contributed by atoms with Gasteiger partial charge in [0, 0.05) is 0 Å². The van der Waals surface area contributed by atoms with Crippen molar-refractivity contribution in [3.8, 4) is 0 Å². The second-order valence-corrected chi connectivity index (χ2v) is 10.5. The molecule has 6 unspecified atom stereocenters. The second-order valence-electron chi connectivity index (χ2n) is 7.27. The molecule has 0 bridgehead atoms. The van der Waals surface area contributed by atoms with Crippen molar-refractivity contribution in [3.05, 3.63) is 0 Å². The third-order valence-corrected chi connectivity index (χ3v) is 8.14. The molecule has 2 saturated carbocycles. The third kappa shape index (κ3) is 4.01. The Kier molecular flexibility index (Phi) is 5.26. The van der Waals surface area contributed by atoms with Crippen molar-refractivity contribution >= 4 is 20.2 Å². The summed E-state index contributed by atoms with van der Waals surface area (Å²) in [5.74, 6) is -0.416. The first-order valence-electron chi connectivity index (χ1n) is 7.92. The normalized spacial score (nSPS) is 41.3. The van der Waals surface area contributed by atoms with Crippen LogP contribution in [0.15, 0.2) is 0 Å². The van der Waals surface area contributed by atoms with Crippen LogP contribution >= 0.6 is 0 Å². The van der Waals surface area contributed by atoms with Gasteiger partial charge >= 0.3 is 0 Å². The monoisotopic (exact) mass is 354 g/mol. The molecule has 2 fully saturated rings. The molecule has 2 rings (SSSR count). The zero-order chi connectivity index (χ0) is 16.7. The van der Waals surface area contributed by atoms with Crippen LogP contribution in [0.5, 0.6) is 0 Å². The SMILES string of the molecule is CC1CCC(C2CCC(C)CC2S(=O)(=O)O)C(S(=O)(=O)O)C1. The van der Waals surface area contributed by atoms with E-state index in [1.807, 2.05) is 13.8 Å². The van der Waals surface area contributed by atoms with E-state index in [9.17, 15) is 25.9 Å². The number of hydrogen-bond donors (Lipinski definition) is 2. The first-order chi connectivity index (χ1) is 10.00. The van der Waals surface area contributed by atoms with E-state index in [1.165, 1.54) is 0 Å². The van der Waals surface area contributed by atoms with Crippen molar-refractivity contribution in [1.29, 1.82) is 0 Å². The van der Waals surface area contributed by atoms with Gasteiger partial charge in [-0.05, 0) is 49.4 Å². The number of hydrogen-bond acceptors (Lipinski definition) is 4. The molecule has 0 aromatic heterocycles. The highest BCUT2D eigenvalue weighted by atomic mass is 32.2. The van der Waals surface area contributed by atoms with Crippen LogP contribution in [0, 0.1) is 23.7 Å². The molecule has 0 aromatic carbocycles. The van der Waals surface area contributed by atoms with Crippen molar-refractivity contribution in [2.45, 2.75) is 62.9 Å². The maximum atomic E-state index is 11.7. The molecule has 0 amide bonds. The highest BCUT2D eigenvalue weighted by Gasteiger charge is 2.47. The lowest BCUT2D eigenvalue weighted by Gasteiger charge is -2.43. The summed E-state index contributed by atoms with van der Waals surface area (Å²) in [7, 11) is -8.43. The van der Waals surface area contributed by atoms with Gasteiger partial charge in [0.05, 0.1) is 10.5 Å². The highest BCUT2D eigenvalue weighted by Crippen LogP contribution is 2.45. The van der Waals surface area contributed by atoms with Crippen LogP contribution < -0.4 is 0 Å². The van der Waals surface area contributed by atoms with E-state index in [2.05, 4.69) is 0 Å². The van der Waals surface area contributed by atoms with Crippen LogP contribution in [0.4, 0.5) is 0 Å². The van der Waals surface area contributed by atoms with Crippen LogP contribution in [0.2, 0.25) is 0 Å². The van der Waals surface area contributed by atoms with Gasteiger partial charge in [-0.15, -0.1) is 0 Å². The molecule has 0 aromatic rings. The van der Waals surface area contributed by atoms with Crippen LogP contribution in [0.25, 0.3) is 0 Å². The van der Waals surface area contributed by atoms with E-state index in [1.54, 1.807) is 0 Å². The quantitative estimate of drug-likeness (QED) is 0.753. The van der Waals surface area contributed by atoms with Gasteiger partial charge in [0.15, 0.2) is 0 Å². The minimum absolute atomic E-state index is 0.190. The molecule has 0 aliphatic heterocycles. The van der Waals surface area contributed by atoms with Gasteiger partial charge in [-0.2, -0.15) is 16.8 Å². The summed E-state index contributed by atoms with van der Waals surface area (Å²) in [6.07, 6.45) is 3.51. The van der Waals surface area contributed by atoms with Crippen molar-refractivity contribution < 1.29 is 25.9 Å². The summed E-state index contributed by atoms with van der Waals surface area (Å²) in [6, 6.07) is 0. The Balaban J connectivity index is 2.33. The summed E-state index contributed by atoms with van der Waals surface area (Å²) >= 11 is 0. The lowest BCUT2D eigenvalue weighted by atomic mass is 9.69. The number of rotatable bonds is 3. The van der Waals surface area contributed by atoms with E-state index in [-0.39, 0.29) is 11.8 Å². The average Bonchev–Trinajstić information content (AvgIpc) is 2.37. The van der Waals surface area contributed by atoms with Gasteiger partial charge in [-0.25, -0.2) is 0 Å². The summed E-state index contributed by atoms with van der Waals surface area (Å²) in [4.78, 5) is 0. The Bertz CT molecular complexity index is 543. The van der Waals surface area contributed by atoms with Gasteiger partial charge in [-0.1, -0.05) is 26.7 Å². The highest BCUT2D eigenvalue weighted by molar-refractivity contribution is 7.86. The molecule has 0 spiro atoms. The van der Waals surface area contributed by atoms with E-state index < -0.39 is 42.6 Å². The molecule has 0 saturated heterocycles. The van der Waals surface area contributed by atoms with Gasteiger partial charge in [0.25, 0.3) is 20.2 Å². The third-order valence-electron chi connectivity index (χ3n) is 5.53. The summed E-state index contributed by atoms with van der Waals surface area (Å²) in [6.45, 7) is 3.88. The van der Waals surface area contributed by atoms with Crippen LogP contribution in [0.3, 0.4) is 0 Å². The smallest absolute Gasteiger partial charge is 0.268 e. The molecule has 2 N–H and O–H groups in total. The maximum Gasteiger partial charge on any atom is 0.268 e. The van der Waals surface area contributed by atoms with E-state index in [4.69, 9.17) is 0 Å². The first kappa shape index (κ1) is 18.2. The van der Waals surface area contributed by atoms with Crippen LogP contribution in [0.1, 0.15) is 52.4 Å². The zero-order valence-electron chi connectivity index (χ0n) is 13.1. The molecule has 2 aliphatic rings. The fraction of sp³-hybridized carbons (Fsp3) is 1.00. The van der Waals surface area contributed by atoms with E-state index >= 15 is 0 Å². The molecule has 2 aliphatic carbocycles. The van der Waals surface area contributed by atoms with Crippen molar-refractivity contribution in [2.75, 3.05) is 0 Å². The van der Waals surface area contributed by atoms with E-state index in [0.29, 0.717) is 25.7 Å². The first-order valence-corrected chi connectivity index (χ1v) is 10.9. The largest absolute Gasteiger partial charge is 0.285 e. The zero-order valence-corrected chi connectivity index (χ0v) is 14.7. The molecule has 6 nitrogen and oxygen atoms in total. The molecule has 6 atom stereocenters. The molecular formula is C14H26O6S2. The van der Waals surface area contributed by atoms with E-state index in [0.717, 1.165) is 12.8 Å². The molecule has 8 heteroatoms. The maximum absolute atomic E-state index is 11.7. The predicted octanol–water partition coefficient (Wildman–Crippen LogP) is 2.37. The lowest BCUT2D eigenvalue weighted by molar-refractivity contribution is 0.152. The fourth-order valence-electron chi connectivity index (χ4n) is 4.37. The Morgan fingerprint density at radius 3 is 1.27 bits per heavy atom. The van der Waals surface area contributed by atoms with Crippen molar-refractivity contribution in [1.82, 2.24) is 0 Å². The fourth-order valence-corrected chi connectivity index (χ4v) is 7.07. The minimum Gasteiger partial charge on any atom is -0.285 e. The van der Waals surface area contributed by atoms with Crippen LogP contribution in [-0.4, -0.2) is 36.4 Å². The second kappa shape index (κ2) is 6.37. The lowest BCUT2D eigenvalue weighted by Crippen LogP contribution is -2.47. The topological polar surface area (TPSA) is 109 Å². The van der Waals surface area contributed by atoms with Crippen molar-refractivity contribution in [3.63, 3.8) is 0 Å².